The second-order valence-electron chi connectivity index (χ2n) is 9.84. The van der Waals surface area contributed by atoms with Crippen molar-refractivity contribution in [3.05, 3.63) is 101 Å². The lowest BCUT2D eigenvalue weighted by atomic mass is 9.91. The van der Waals surface area contributed by atoms with E-state index in [0.29, 0.717) is 6.42 Å². The number of carbonyl (C=O) groups excluding carboxylic acids is 3. The summed E-state index contributed by atoms with van der Waals surface area (Å²) in [7, 11) is 0. The Labute approximate surface area is 228 Å². The average molecular weight is 530 g/mol. The maximum absolute atomic E-state index is 13.7. The molecule has 0 unspecified atom stereocenters. The van der Waals surface area contributed by atoms with Crippen molar-refractivity contribution in [2.45, 2.75) is 51.2 Å². The van der Waals surface area contributed by atoms with Crippen LogP contribution in [0.25, 0.3) is 0 Å². The van der Waals surface area contributed by atoms with Gasteiger partial charge in [-0.05, 0) is 60.2 Å². The number of aromatic hydroxyl groups is 1. The van der Waals surface area contributed by atoms with Crippen molar-refractivity contribution in [3.63, 3.8) is 0 Å². The number of benzene rings is 3. The summed E-state index contributed by atoms with van der Waals surface area (Å²) < 4.78 is 5.26. The first-order chi connectivity index (χ1) is 18.8. The van der Waals surface area contributed by atoms with Crippen LogP contribution in [-0.4, -0.2) is 53.0 Å². The van der Waals surface area contributed by atoms with Crippen LogP contribution in [0, 0.1) is 6.92 Å². The van der Waals surface area contributed by atoms with Gasteiger partial charge in [0.2, 0.25) is 11.8 Å². The highest BCUT2D eigenvalue weighted by molar-refractivity contribution is 5.91. The van der Waals surface area contributed by atoms with Crippen LogP contribution in [-0.2, 0) is 38.5 Å². The zero-order valence-electron chi connectivity index (χ0n) is 22.3. The molecule has 3 aromatic rings. The zero-order chi connectivity index (χ0) is 27.9. The highest BCUT2D eigenvalue weighted by atomic mass is 16.5. The molecule has 3 aromatic carbocycles. The van der Waals surface area contributed by atoms with Crippen molar-refractivity contribution in [1.82, 2.24) is 10.2 Å². The van der Waals surface area contributed by atoms with E-state index < -0.39 is 24.0 Å². The van der Waals surface area contributed by atoms with E-state index in [4.69, 9.17) is 10.5 Å². The number of fused-ring (bicyclic) bond motifs is 1. The Balaban J connectivity index is 1.54. The lowest BCUT2D eigenvalue weighted by Crippen LogP contribution is -2.57. The van der Waals surface area contributed by atoms with E-state index in [-0.39, 0.29) is 43.7 Å². The van der Waals surface area contributed by atoms with Crippen molar-refractivity contribution < 1.29 is 24.2 Å². The molecule has 0 radical (unpaired) electrons. The molecule has 0 saturated heterocycles. The van der Waals surface area contributed by atoms with Crippen molar-refractivity contribution >= 4 is 17.8 Å². The number of phenolic OH excluding ortho intramolecular Hbond substituents is 1. The third-order valence-electron chi connectivity index (χ3n) is 7.17. The Morgan fingerprint density at radius 3 is 2.44 bits per heavy atom. The van der Waals surface area contributed by atoms with E-state index in [2.05, 4.69) is 5.32 Å². The lowest BCUT2D eigenvalue weighted by molar-refractivity contribution is -0.146. The summed E-state index contributed by atoms with van der Waals surface area (Å²) in [5.41, 5.74) is 10.8. The molecule has 39 heavy (non-hydrogen) atoms. The summed E-state index contributed by atoms with van der Waals surface area (Å²) in [5.74, 6) is -1.62. The molecular formula is C31H35N3O5. The molecular weight excluding hydrogens is 494 g/mol. The number of nitrogens with one attached hydrogen (secondary N) is 1. The van der Waals surface area contributed by atoms with E-state index in [0.717, 1.165) is 27.8 Å². The van der Waals surface area contributed by atoms with Crippen LogP contribution in [0.15, 0.2) is 72.8 Å². The quantitative estimate of drug-likeness (QED) is 0.367. The summed E-state index contributed by atoms with van der Waals surface area (Å²) in [6.45, 7) is 4.13. The van der Waals surface area contributed by atoms with Crippen LogP contribution < -0.4 is 11.1 Å². The molecule has 0 fully saturated rings. The van der Waals surface area contributed by atoms with Gasteiger partial charge in [0.25, 0.3) is 0 Å². The maximum Gasteiger partial charge on any atom is 0.315 e. The number of amides is 2. The highest BCUT2D eigenvalue weighted by Crippen LogP contribution is 2.26. The second kappa shape index (κ2) is 12.6. The largest absolute Gasteiger partial charge is 0.508 e. The van der Waals surface area contributed by atoms with Gasteiger partial charge in [-0.25, -0.2) is 0 Å². The van der Waals surface area contributed by atoms with Gasteiger partial charge in [-0.2, -0.15) is 0 Å². The van der Waals surface area contributed by atoms with E-state index in [9.17, 15) is 19.5 Å². The van der Waals surface area contributed by atoms with Gasteiger partial charge < -0.3 is 25.8 Å². The molecule has 0 aliphatic carbocycles. The van der Waals surface area contributed by atoms with Gasteiger partial charge in [0.05, 0.1) is 18.6 Å². The first-order valence-electron chi connectivity index (χ1n) is 13.2. The van der Waals surface area contributed by atoms with E-state index in [1.165, 1.54) is 0 Å². The highest BCUT2D eigenvalue weighted by Gasteiger charge is 2.37. The Bertz CT molecular complexity index is 1330. The van der Waals surface area contributed by atoms with Crippen molar-refractivity contribution in [2.24, 2.45) is 5.73 Å². The maximum atomic E-state index is 13.7. The molecule has 0 spiro atoms. The van der Waals surface area contributed by atoms with Crippen LogP contribution in [0.3, 0.4) is 0 Å². The standard InChI is InChI=1S/C31H35N3O5/c1-3-39-31(38)26(21-9-5-4-6-10-21)18-33-29(36)28-17-23-11-7-8-12-24(23)19-34(28)30(37)27(32)16-22-13-14-25(35)15-20(22)2/h4-15,26-28,35H,3,16-19,32H2,1-2H3,(H,33,36)/t26-,27+,28+/m1/s1. The molecule has 0 saturated carbocycles. The van der Waals surface area contributed by atoms with Gasteiger partial charge in [0.15, 0.2) is 0 Å². The number of aryl methyl sites for hydroxylation is 1. The van der Waals surface area contributed by atoms with E-state index in [1.54, 1.807) is 30.0 Å². The number of ether oxygens (including phenoxy) is 1. The number of carbonyl (C=O) groups is 3. The molecule has 4 rings (SSSR count). The van der Waals surface area contributed by atoms with Gasteiger partial charge in [0.1, 0.15) is 11.8 Å². The molecule has 1 heterocycles. The fourth-order valence-electron chi connectivity index (χ4n) is 5.02. The van der Waals surface area contributed by atoms with Gasteiger partial charge in [-0.15, -0.1) is 0 Å². The monoisotopic (exact) mass is 529 g/mol. The number of hydrogen-bond acceptors (Lipinski definition) is 6. The first-order valence-corrected chi connectivity index (χ1v) is 13.2. The van der Waals surface area contributed by atoms with E-state index in [1.807, 2.05) is 61.5 Å². The topological polar surface area (TPSA) is 122 Å². The number of nitrogens with two attached hydrogens (primary N) is 1. The molecule has 8 nitrogen and oxygen atoms in total. The summed E-state index contributed by atoms with van der Waals surface area (Å²) >= 11 is 0. The third-order valence-corrected chi connectivity index (χ3v) is 7.17. The molecule has 2 amide bonds. The summed E-state index contributed by atoms with van der Waals surface area (Å²) in [5, 5.41) is 12.6. The SMILES string of the molecule is CCOC(=O)[C@H](CNC(=O)[C@@H]1Cc2ccccc2CN1C(=O)[C@@H](N)Cc1ccc(O)cc1C)c1ccccc1. The smallest absolute Gasteiger partial charge is 0.315 e. The molecule has 3 atom stereocenters. The minimum atomic E-state index is -0.870. The van der Waals surface area contributed by atoms with Crippen LogP contribution in [0.2, 0.25) is 0 Å². The van der Waals surface area contributed by atoms with Gasteiger partial charge in [-0.3, -0.25) is 14.4 Å². The first kappa shape index (κ1) is 27.9. The fourth-order valence-corrected chi connectivity index (χ4v) is 5.02. The zero-order valence-corrected chi connectivity index (χ0v) is 22.3. The Morgan fingerprint density at radius 1 is 1.05 bits per heavy atom. The van der Waals surface area contributed by atoms with Gasteiger partial charge in [-0.1, -0.05) is 60.7 Å². The summed E-state index contributed by atoms with van der Waals surface area (Å²) in [6, 6.07) is 20.2. The minimum absolute atomic E-state index is 0.0423. The minimum Gasteiger partial charge on any atom is -0.508 e. The second-order valence-corrected chi connectivity index (χ2v) is 9.84. The number of phenols is 1. The van der Waals surface area contributed by atoms with E-state index >= 15 is 0 Å². The van der Waals surface area contributed by atoms with Crippen LogP contribution in [0.5, 0.6) is 5.75 Å². The number of nitrogens with zero attached hydrogens (tertiary/aromatic N) is 1. The lowest BCUT2D eigenvalue weighted by Gasteiger charge is -2.37. The summed E-state index contributed by atoms with van der Waals surface area (Å²) in [4.78, 5) is 41.5. The van der Waals surface area contributed by atoms with Gasteiger partial charge >= 0.3 is 5.97 Å². The third kappa shape index (κ3) is 6.64. The Morgan fingerprint density at radius 2 is 1.74 bits per heavy atom. The fraction of sp³-hybridized carbons (Fsp3) is 0.323. The average Bonchev–Trinajstić information content (AvgIpc) is 2.94. The molecule has 0 aromatic heterocycles. The molecule has 4 N–H and O–H groups in total. The van der Waals surface area contributed by atoms with Crippen LogP contribution >= 0.6 is 0 Å². The Hall–Kier alpha value is -4.17. The summed E-state index contributed by atoms with van der Waals surface area (Å²) in [6.07, 6.45) is 0.616. The Kier molecular flexibility index (Phi) is 8.99. The van der Waals surface area contributed by atoms with Crippen LogP contribution in [0.1, 0.15) is 40.7 Å². The van der Waals surface area contributed by atoms with Gasteiger partial charge in [0, 0.05) is 19.5 Å². The number of esters is 1. The molecule has 1 aliphatic rings. The molecule has 1 aliphatic heterocycles. The molecule has 204 valence electrons. The van der Waals surface area contributed by atoms with Crippen molar-refractivity contribution in [2.75, 3.05) is 13.2 Å². The number of hydrogen-bond donors (Lipinski definition) is 3. The van der Waals surface area contributed by atoms with Crippen LogP contribution in [0.4, 0.5) is 0 Å². The number of rotatable bonds is 9. The van der Waals surface area contributed by atoms with Crippen molar-refractivity contribution in [1.29, 1.82) is 0 Å². The molecule has 8 heteroatoms. The van der Waals surface area contributed by atoms with Crippen molar-refractivity contribution in [3.8, 4) is 5.75 Å². The predicted octanol–water partition coefficient (Wildman–Crippen LogP) is 2.99. The molecule has 0 bridgehead atoms. The normalized spacial score (nSPS) is 16.1. The predicted molar refractivity (Wildman–Crippen MR) is 148 cm³/mol.